The first-order chi connectivity index (χ1) is 9.22. The largest absolute Gasteiger partial charge is 0.346 e. The van der Waals surface area contributed by atoms with E-state index in [1.165, 1.54) is 18.5 Å². The summed E-state index contributed by atoms with van der Waals surface area (Å²) in [6, 6.07) is 10.6. The molecule has 1 aromatic heterocycles. The summed E-state index contributed by atoms with van der Waals surface area (Å²) in [6.45, 7) is 1.70. The topological polar surface area (TPSA) is 17.0 Å². The number of nitrogens with zero attached hydrogens (tertiary/aromatic N) is 1. The van der Waals surface area contributed by atoms with E-state index >= 15 is 0 Å². The van der Waals surface area contributed by atoms with E-state index in [1.807, 2.05) is 12.1 Å². The highest BCUT2D eigenvalue weighted by atomic mass is 35.5. The molecular weight excluding hydrogens is 279 g/mol. The van der Waals surface area contributed by atoms with E-state index in [0.29, 0.717) is 5.02 Å². The average molecular weight is 295 g/mol. The van der Waals surface area contributed by atoms with E-state index in [-0.39, 0.29) is 0 Å². The predicted molar refractivity (Wildman–Crippen MR) is 79.9 cm³/mol. The molecule has 0 bridgehead atoms. The van der Waals surface area contributed by atoms with Gasteiger partial charge in [-0.25, -0.2) is 0 Å². The minimum atomic E-state index is 0.678. The fourth-order valence-electron chi connectivity index (χ4n) is 2.13. The van der Waals surface area contributed by atoms with E-state index < -0.39 is 0 Å². The molecule has 0 radical (unpaired) electrons. The van der Waals surface area contributed by atoms with Crippen LogP contribution in [0, 0.1) is 0 Å². The van der Waals surface area contributed by atoms with Gasteiger partial charge >= 0.3 is 0 Å². The van der Waals surface area contributed by atoms with Gasteiger partial charge in [0.15, 0.2) is 0 Å². The number of hydrogen-bond acceptors (Lipinski definition) is 1. The first-order valence-electron chi connectivity index (χ1n) is 6.54. The van der Waals surface area contributed by atoms with Crippen LogP contribution in [0.5, 0.6) is 0 Å². The lowest BCUT2D eigenvalue weighted by Crippen LogP contribution is -2.18. The molecule has 1 aromatic carbocycles. The van der Waals surface area contributed by atoms with E-state index in [2.05, 4.69) is 28.2 Å². The first-order valence-corrected chi connectivity index (χ1v) is 7.29. The molecule has 1 aliphatic rings. The van der Waals surface area contributed by atoms with Crippen molar-refractivity contribution in [2.45, 2.75) is 32.0 Å². The number of hydrogen-bond donors (Lipinski definition) is 1. The summed E-state index contributed by atoms with van der Waals surface area (Å²) in [5, 5.41) is 4.94. The molecule has 0 unspecified atom stereocenters. The Bertz CT molecular complexity index is 573. The molecule has 2 nitrogen and oxygen atoms in total. The van der Waals surface area contributed by atoms with E-state index in [1.54, 1.807) is 6.07 Å². The van der Waals surface area contributed by atoms with Gasteiger partial charge in [-0.3, -0.25) is 0 Å². The Morgan fingerprint density at radius 3 is 2.79 bits per heavy atom. The van der Waals surface area contributed by atoms with Gasteiger partial charge in [0.25, 0.3) is 0 Å². The predicted octanol–water partition coefficient (Wildman–Crippen LogP) is 4.10. The zero-order valence-electron chi connectivity index (χ0n) is 10.6. The van der Waals surface area contributed by atoms with Crippen LogP contribution in [-0.2, 0) is 13.1 Å². The second-order valence-electron chi connectivity index (χ2n) is 5.02. The van der Waals surface area contributed by atoms with E-state index in [0.717, 1.165) is 29.7 Å². The summed E-state index contributed by atoms with van der Waals surface area (Å²) in [5.74, 6) is 0. The van der Waals surface area contributed by atoms with Crippen molar-refractivity contribution in [2.75, 3.05) is 0 Å². The second kappa shape index (κ2) is 5.58. The van der Waals surface area contributed by atoms with Crippen molar-refractivity contribution in [1.29, 1.82) is 0 Å². The molecule has 0 aliphatic heterocycles. The quantitative estimate of drug-likeness (QED) is 0.879. The molecule has 1 saturated carbocycles. The monoisotopic (exact) mass is 294 g/mol. The van der Waals surface area contributed by atoms with Crippen LogP contribution in [0.1, 0.15) is 24.1 Å². The molecule has 1 heterocycles. The lowest BCUT2D eigenvalue weighted by Gasteiger charge is -2.11. The van der Waals surface area contributed by atoms with Crippen molar-refractivity contribution in [3.63, 3.8) is 0 Å². The highest BCUT2D eigenvalue weighted by Crippen LogP contribution is 2.23. The van der Waals surface area contributed by atoms with Gasteiger partial charge < -0.3 is 9.88 Å². The minimum Gasteiger partial charge on any atom is -0.346 e. The van der Waals surface area contributed by atoms with Gasteiger partial charge in [0.05, 0.1) is 0 Å². The molecule has 4 heteroatoms. The number of rotatable bonds is 5. The van der Waals surface area contributed by atoms with E-state index in [9.17, 15) is 0 Å². The van der Waals surface area contributed by atoms with Gasteiger partial charge in [-0.15, -0.1) is 0 Å². The Morgan fingerprint density at radius 2 is 2.05 bits per heavy atom. The third kappa shape index (κ3) is 3.33. The first kappa shape index (κ1) is 13.0. The third-order valence-corrected chi connectivity index (χ3v) is 4.02. The van der Waals surface area contributed by atoms with Crippen molar-refractivity contribution >= 4 is 23.2 Å². The highest BCUT2D eigenvalue weighted by molar-refractivity contribution is 6.35. The molecule has 0 amide bonds. The molecule has 1 aliphatic carbocycles. The molecular formula is C15H16Cl2N2. The van der Waals surface area contributed by atoms with Crippen molar-refractivity contribution < 1.29 is 0 Å². The molecule has 1 N–H and O–H groups in total. The second-order valence-corrected chi connectivity index (χ2v) is 5.86. The van der Waals surface area contributed by atoms with Crippen LogP contribution in [0.2, 0.25) is 10.0 Å². The maximum absolute atomic E-state index is 6.22. The number of nitrogens with one attached hydrogen (secondary N) is 1. The van der Waals surface area contributed by atoms with Crippen LogP contribution >= 0.6 is 23.2 Å². The maximum Gasteiger partial charge on any atom is 0.0488 e. The zero-order valence-corrected chi connectivity index (χ0v) is 12.1. The van der Waals surface area contributed by atoms with Gasteiger partial charge in [0.1, 0.15) is 0 Å². The normalized spacial score (nSPS) is 14.8. The van der Waals surface area contributed by atoms with Gasteiger partial charge in [0, 0.05) is 41.1 Å². The van der Waals surface area contributed by atoms with Gasteiger partial charge in [0.2, 0.25) is 0 Å². The molecule has 3 rings (SSSR count). The Labute approximate surface area is 123 Å². The van der Waals surface area contributed by atoms with Crippen LogP contribution in [0.3, 0.4) is 0 Å². The molecule has 0 saturated heterocycles. The molecule has 0 atom stereocenters. The Balaban J connectivity index is 1.73. The smallest absolute Gasteiger partial charge is 0.0488 e. The Morgan fingerprint density at radius 1 is 1.21 bits per heavy atom. The van der Waals surface area contributed by atoms with Crippen LogP contribution in [0.25, 0.3) is 0 Å². The van der Waals surface area contributed by atoms with Gasteiger partial charge in [-0.05, 0) is 42.7 Å². The Kier molecular flexibility index (Phi) is 3.83. The summed E-state index contributed by atoms with van der Waals surface area (Å²) in [6.07, 6.45) is 4.71. The summed E-state index contributed by atoms with van der Waals surface area (Å²) in [7, 11) is 0. The zero-order chi connectivity index (χ0) is 13.2. The fourth-order valence-corrected chi connectivity index (χ4v) is 2.60. The third-order valence-electron chi connectivity index (χ3n) is 3.43. The van der Waals surface area contributed by atoms with Crippen molar-refractivity contribution in [3.8, 4) is 0 Å². The van der Waals surface area contributed by atoms with Gasteiger partial charge in [-0.2, -0.15) is 0 Å². The van der Waals surface area contributed by atoms with Crippen molar-refractivity contribution in [1.82, 2.24) is 9.88 Å². The van der Waals surface area contributed by atoms with Crippen molar-refractivity contribution in [2.24, 2.45) is 0 Å². The average Bonchev–Trinajstić information content (AvgIpc) is 3.11. The number of halogens is 2. The maximum atomic E-state index is 6.22. The van der Waals surface area contributed by atoms with Crippen LogP contribution in [0.4, 0.5) is 0 Å². The van der Waals surface area contributed by atoms with Crippen LogP contribution < -0.4 is 5.32 Å². The summed E-state index contributed by atoms with van der Waals surface area (Å²) < 4.78 is 2.23. The summed E-state index contributed by atoms with van der Waals surface area (Å²) in [5.41, 5.74) is 2.38. The summed E-state index contributed by atoms with van der Waals surface area (Å²) >= 11 is 12.1. The highest BCUT2D eigenvalue weighted by Gasteiger charge is 2.20. The number of benzene rings is 1. The van der Waals surface area contributed by atoms with Gasteiger partial charge in [-0.1, -0.05) is 29.3 Å². The Hall–Kier alpha value is -0.960. The molecule has 0 spiro atoms. The van der Waals surface area contributed by atoms with Crippen LogP contribution in [0.15, 0.2) is 36.5 Å². The van der Waals surface area contributed by atoms with E-state index in [4.69, 9.17) is 23.2 Å². The van der Waals surface area contributed by atoms with Crippen molar-refractivity contribution in [3.05, 3.63) is 57.8 Å². The standard InChI is InChI=1S/C15H16Cl2N2/c16-12-4-3-11(15(17)8-12)10-19-7-1-2-14(19)9-18-13-5-6-13/h1-4,7-8,13,18H,5-6,9-10H2. The number of aromatic nitrogens is 1. The lowest BCUT2D eigenvalue weighted by molar-refractivity contribution is 0.634. The fraction of sp³-hybridized carbons (Fsp3) is 0.333. The molecule has 2 aromatic rings. The molecule has 19 heavy (non-hydrogen) atoms. The summed E-state index contributed by atoms with van der Waals surface area (Å²) in [4.78, 5) is 0. The molecule has 1 fully saturated rings. The van der Waals surface area contributed by atoms with Crippen LogP contribution in [-0.4, -0.2) is 10.6 Å². The SMILES string of the molecule is Clc1ccc(Cn2cccc2CNC2CC2)c(Cl)c1. The lowest BCUT2D eigenvalue weighted by atomic mass is 10.2. The molecule has 100 valence electrons. The minimum absolute atomic E-state index is 0.678.